The number of nitrogens with zero attached hydrogens (tertiary/aromatic N) is 2. The Labute approximate surface area is 131 Å². The predicted octanol–water partition coefficient (Wildman–Crippen LogP) is 4.00. The third-order valence-electron chi connectivity index (χ3n) is 3.39. The van der Waals surface area contributed by atoms with Gasteiger partial charge in [-0.3, -0.25) is 0 Å². The van der Waals surface area contributed by atoms with E-state index in [1.165, 1.54) is 16.7 Å². The lowest BCUT2D eigenvalue weighted by atomic mass is 10.1. The van der Waals surface area contributed by atoms with E-state index >= 15 is 0 Å². The van der Waals surface area contributed by atoms with Crippen LogP contribution in [-0.2, 0) is 6.42 Å². The van der Waals surface area contributed by atoms with Gasteiger partial charge < -0.3 is 5.32 Å². The molecular weight excluding hydrogens is 278 g/mol. The van der Waals surface area contributed by atoms with Crippen LogP contribution in [0.2, 0.25) is 0 Å². The fraction of sp³-hybridized carbons (Fsp3) is 0.529. The molecule has 0 atom stereocenters. The first-order chi connectivity index (χ1) is 10.1. The van der Waals surface area contributed by atoms with Crippen LogP contribution in [0, 0.1) is 19.8 Å². The molecule has 1 heterocycles. The van der Waals surface area contributed by atoms with Gasteiger partial charge in [0.05, 0.1) is 0 Å². The van der Waals surface area contributed by atoms with Crippen LogP contribution >= 0.6 is 11.3 Å². The zero-order chi connectivity index (χ0) is 15.2. The molecule has 2 rings (SSSR count). The van der Waals surface area contributed by atoms with E-state index in [1.807, 2.05) is 0 Å². The highest BCUT2D eigenvalue weighted by Crippen LogP contribution is 2.27. The molecule has 4 heteroatoms. The topological polar surface area (TPSA) is 37.8 Å². The van der Waals surface area contributed by atoms with Crippen molar-refractivity contribution in [2.75, 3.05) is 13.1 Å². The largest absolute Gasteiger partial charge is 0.316 e. The van der Waals surface area contributed by atoms with Crippen LogP contribution in [0.5, 0.6) is 0 Å². The highest BCUT2D eigenvalue weighted by molar-refractivity contribution is 7.14. The number of rotatable bonds is 7. The Bertz CT molecular complexity index is 575. The van der Waals surface area contributed by atoms with Crippen LogP contribution in [0.25, 0.3) is 10.6 Å². The molecule has 0 aliphatic rings. The molecule has 1 N–H and O–H groups in total. The third kappa shape index (κ3) is 4.90. The number of aromatic nitrogens is 2. The van der Waals surface area contributed by atoms with Gasteiger partial charge in [0, 0.05) is 12.0 Å². The minimum atomic E-state index is 0.711. The molecule has 0 saturated carbocycles. The van der Waals surface area contributed by atoms with Gasteiger partial charge in [-0.15, -0.1) is 10.2 Å². The summed E-state index contributed by atoms with van der Waals surface area (Å²) in [5.74, 6) is 0.711. The summed E-state index contributed by atoms with van der Waals surface area (Å²) in [4.78, 5) is 0. The smallest absolute Gasteiger partial charge is 0.148 e. The molecule has 21 heavy (non-hydrogen) atoms. The normalized spacial score (nSPS) is 11.3. The monoisotopic (exact) mass is 303 g/mol. The van der Waals surface area contributed by atoms with Crippen LogP contribution in [0.1, 0.15) is 36.4 Å². The van der Waals surface area contributed by atoms with Crippen molar-refractivity contribution in [1.82, 2.24) is 15.5 Å². The van der Waals surface area contributed by atoms with Crippen molar-refractivity contribution in [2.45, 2.75) is 40.5 Å². The van der Waals surface area contributed by atoms with E-state index in [-0.39, 0.29) is 0 Å². The number of hydrogen-bond acceptors (Lipinski definition) is 4. The third-order valence-corrected chi connectivity index (χ3v) is 4.40. The second-order valence-corrected chi connectivity index (χ2v) is 7.08. The summed E-state index contributed by atoms with van der Waals surface area (Å²) in [5, 5.41) is 14.3. The van der Waals surface area contributed by atoms with Gasteiger partial charge in [-0.2, -0.15) is 0 Å². The number of aryl methyl sites for hydroxylation is 3. The van der Waals surface area contributed by atoms with Gasteiger partial charge in [-0.1, -0.05) is 42.9 Å². The minimum absolute atomic E-state index is 0.711. The van der Waals surface area contributed by atoms with Crippen molar-refractivity contribution in [1.29, 1.82) is 0 Å². The van der Waals surface area contributed by atoms with Crippen molar-refractivity contribution in [3.8, 4) is 10.6 Å². The summed E-state index contributed by atoms with van der Waals surface area (Å²) >= 11 is 1.72. The van der Waals surface area contributed by atoms with Crippen LogP contribution in [-0.4, -0.2) is 23.3 Å². The SMILES string of the molecule is Cc1ccc(C)c(-c2nnc(CCCNCC(C)C)s2)c1. The van der Waals surface area contributed by atoms with E-state index in [0.29, 0.717) is 5.92 Å². The Hall–Kier alpha value is -1.26. The maximum Gasteiger partial charge on any atom is 0.148 e. The molecule has 1 aromatic heterocycles. The average Bonchev–Trinajstić information content (AvgIpc) is 2.89. The van der Waals surface area contributed by atoms with E-state index in [2.05, 4.69) is 61.4 Å². The van der Waals surface area contributed by atoms with Crippen LogP contribution in [0.15, 0.2) is 18.2 Å². The van der Waals surface area contributed by atoms with Crippen LogP contribution in [0.4, 0.5) is 0 Å². The fourth-order valence-electron chi connectivity index (χ4n) is 2.19. The maximum absolute atomic E-state index is 4.36. The summed E-state index contributed by atoms with van der Waals surface area (Å²) in [7, 11) is 0. The van der Waals surface area contributed by atoms with Crippen LogP contribution < -0.4 is 5.32 Å². The molecule has 0 aliphatic heterocycles. The molecule has 3 nitrogen and oxygen atoms in total. The quantitative estimate of drug-likeness (QED) is 0.786. The highest BCUT2D eigenvalue weighted by Gasteiger charge is 2.09. The lowest BCUT2D eigenvalue weighted by molar-refractivity contribution is 0.542. The molecule has 114 valence electrons. The van der Waals surface area contributed by atoms with E-state index < -0.39 is 0 Å². The molecule has 2 aromatic rings. The standard InChI is InChI=1S/C17H25N3S/c1-12(2)11-18-9-5-6-16-19-20-17(21-16)15-10-13(3)7-8-14(15)4/h7-8,10,12,18H,5-6,9,11H2,1-4H3. The number of hydrogen-bond donors (Lipinski definition) is 1. The minimum Gasteiger partial charge on any atom is -0.316 e. The van der Waals surface area contributed by atoms with E-state index in [1.54, 1.807) is 11.3 Å². The lowest BCUT2D eigenvalue weighted by Crippen LogP contribution is -2.21. The Morgan fingerprint density at radius 3 is 2.76 bits per heavy atom. The summed E-state index contributed by atoms with van der Waals surface area (Å²) < 4.78 is 0. The molecule has 0 spiro atoms. The zero-order valence-corrected chi connectivity index (χ0v) is 14.3. The maximum atomic E-state index is 4.36. The van der Waals surface area contributed by atoms with Crippen molar-refractivity contribution in [2.24, 2.45) is 5.92 Å². The summed E-state index contributed by atoms with van der Waals surface area (Å²) in [6, 6.07) is 6.49. The van der Waals surface area contributed by atoms with E-state index in [4.69, 9.17) is 0 Å². The Morgan fingerprint density at radius 1 is 1.19 bits per heavy atom. The van der Waals surface area contributed by atoms with Crippen molar-refractivity contribution < 1.29 is 0 Å². The summed E-state index contributed by atoms with van der Waals surface area (Å²) in [5.41, 5.74) is 3.75. The first-order valence-corrected chi connectivity index (χ1v) is 8.48. The first kappa shape index (κ1) is 16.1. The van der Waals surface area contributed by atoms with Crippen molar-refractivity contribution in [3.63, 3.8) is 0 Å². The lowest BCUT2D eigenvalue weighted by Gasteiger charge is -2.05. The molecule has 0 bridgehead atoms. The molecule has 0 unspecified atom stereocenters. The first-order valence-electron chi connectivity index (χ1n) is 7.67. The molecular formula is C17H25N3S. The van der Waals surface area contributed by atoms with Crippen molar-refractivity contribution in [3.05, 3.63) is 34.3 Å². The fourth-order valence-corrected chi connectivity index (χ4v) is 3.15. The zero-order valence-electron chi connectivity index (χ0n) is 13.4. The molecule has 0 fully saturated rings. The van der Waals surface area contributed by atoms with E-state index in [0.717, 1.165) is 35.9 Å². The predicted molar refractivity (Wildman–Crippen MR) is 90.8 cm³/mol. The number of benzene rings is 1. The van der Waals surface area contributed by atoms with Gasteiger partial charge in [0.2, 0.25) is 0 Å². The van der Waals surface area contributed by atoms with Gasteiger partial charge in [0.1, 0.15) is 10.0 Å². The summed E-state index contributed by atoms with van der Waals surface area (Å²) in [6.45, 7) is 10.8. The van der Waals surface area contributed by atoms with Gasteiger partial charge >= 0.3 is 0 Å². The van der Waals surface area contributed by atoms with Gasteiger partial charge in [-0.05, 0) is 50.9 Å². The second-order valence-electron chi connectivity index (χ2n) is 6.02. The summed E-state index contributed by atoms with van der Waals surface area (Å²) in [6.07, 6.45) is 2.13. The second kappa shape index (κ2) is 7.66. The number of nitrogens with one attached hydrogen (secondary N) is 1. The highest BCUT2D eigenvalue weighted by atomic mass is 32.1. The van der Waals surface area contributed by atoms with E-state index in [9.17, 15) is 0 Å². The Morgan fingerprint density at radius 2 is 2.00 bits per heavy atom. The Balaban J connectivity index is 1.91. The van der Waals surface area contributed by atoms with Gasteiger partial charge in [0.25, 0.3) is 0 Å². The van der Waals surface area contributed by atoms with Gasteiger partial charge in [-0.25, -0.2) is 0 Å². The van der Waals surface area contributed by atoms with Crippen LogP contribution in [0.3, 0.4) is 0 Å². The molecule has 0 radical (unpaired) electrons. The average molecular weight is 303 g/mol. The Kier molecular flexibility index (Phi) is 5.88. The molecule has 0 saturated heterocycles. The molecule has 1 aromatic carbocycles. The van der Waals surface area contributed by atoms with Crippen molar-refractivity contribution >= 4 is 11.3 Å². The molecule has 0 amide bonds. The molecule has 0 aliphatic carbocycles. The van der Waals surface area contributed by atoms with Gasteiger partial charge in [0.15, 0.2) is 0 Å².